The van der Waals surface area contributed by atoms with Crippen LogP contribution >= 0.6 is 11.3 Å². The molecule has 0 spiro atoms. The van der Waals surface area contributed by atoms with E-state index in [2.05, 4.69) is 5.32 Å². The summed E-state index contributed by atoms with van der Waals surface area (Å²) in [5.41, 5.74) is 3.68. The molecule has 28 heavy (non-hydrogen) atoms. The third-order valence-corrected chi connectivity index (χ3v) is 8.11. The van der Waals surface area contributed by atoms with Gasteiger partial charge in [0.25, 0.3) is 10.0 Å². The predicted octanol–water partition coefficient (Wildman–Crippen LogP) is 3.81. The largest absolute Gasteiger partial charge is 0.325 e. The van der Waals surface area contributed by atoms with Crippen molar-refractivity contribution in [1.29, 1.82) is 0 Å². The van der Waals surface area contributed by atoms with Gasteiger partial charge in [-0.15, -0.1) is 11.3 Å². The van der Waals surface area contributed by atoms with Crippen LogP contribution in [0.25, 0.3) is 0 Å². The van der Waals surface area contributed by atoms with E-state index in [1.807, 2.05) is 55.5 Å². The standard InChI is InChI=1S/C21H20N2O3S2/c1-15-8-10-18(11-9-15)22-21(24)19-13-16-5-2-3-6-17(16)14-23(19)28(25,26)20-7-4-12-27-20/h2-12,19H,13-14H2,1H3,(H,22,24). The van der Waals surface area contributed by atoms with Crippen LogP contribution in [-0.4, -0.2) is 24.7 Å². The number of thiophene rings is 1. The Morgan fingerprint density at radius 3 is 2.43 bits per heavy atom. The zero-order valence-corrected chi connectivity index (χ0v) is 17.0. The number of amides is 1. The number of hydrogen-bond acceptors (Lipinski definition) is 4. The Hall–Kier alpha value is -2.48. The van der Waals surface area contributed by atoms with Crippen molar-refractivity contribution < 1.29 is 13.2 Å². The summed E-state index contributed by atoms with van der Waals surface area (Å²) in [5.74, 6) is -0.321. The first kappa shape index (κ1) is 18.9. The smallest absolute Gasteiger partial charge is 0.253 e. The molecule has 0 saturated heterocycles. The number of hydrogen-bond donors (Lipinski definition) is 1. The number of nitrogens with one attached hydrogen (secondary N) is 1. The third-order valence-electron chi connectivity index (χ3n) is 4.89. The fourth-order valence-corrected chi connectivity index (χ4v) is 6.05. The molecule has 144 valence electrons. The molecule has 7 heteroatoms. The van der Waals surface area contributed by atoms with Gasteiger partial charge < -0.3 is 5.32 Å². The Morgan fingerprint density at radius 2 is 1.75 bits per heavy atom. The Bertz CT molecular complexity index is 1090. The Labute approximate surface area is 168 Å². The van der Waals surface area contributed by atoms with Gasteiger partial charge in [-0.3, -0.25) is 4.79 Å². The van der Waals surface area contributed by atoms with Crippen LogP contribution in [0.1, 0.15) is 16.7 Å². The second-order valence-electron chi connectivity index (χ2n) is 6.83. The van der Waals surface area contributed by atoms with E-state index in [1.165, 1.54) is 4.31 Å². The van der Waals surface area contributed by atoms with Gasteiger partial charge >= 0.3 is 0 Å². The average Bonchev–Trinajstić information content (AvgIpc) is 3.24. The number of rotatable bonds is 4. The Kier molecular flexibility index (Phi) is 5.05. The van der Waals surface area contributed by atoms with E-state index in [9.17, 15) is 13.2 Å². The molecule has 4 rings (SSSR count). The van der Waals surface area contributed by atoms with Gasteiger partial charge in [-0.25, -0.2) is 8.42 Å². The summed E-state index contributed by atoms with van der Waals surface area (Å²) in [5, 5.41) is 4.60. The molecule has 3 aromatic rings. The molecule has 0 fully saturated rings. The highest BCUT2D eigenvalue weighted by Gasteiger charge is 2.40. The summed E-state index contributed by atoms with van der Waals surface area (Å²) in [6.07, 6.45) is 0.346. The maximum Gasteiger partial charge on any atom is 0.253 e. The summed E-state index contributed by atoms with van der Waals surface area (Å²) in [7, 11) is -3.76. The molecule has 1 aromatic heterocycles. The van der Waals surface area contributed by atoms with Crippen molar-refractivity contribution >= 4 is 33.0 Å². The lowest BCUT2D eigenvalue weighted by molar-refractivity contribution is -0.120. The highest BCUT2D eigenvalue weighted by atomic mass is 32.2. The molecule has 2 aromatic carbocycles. The Balaban J connectivity index is 1.69. The number of fused-ring (bicyclic) bond motifs is 1. The van der Waals surface area contributed by atoms with Crippen molar-refractivity contribution in [3.8, 4) is 0 Å². The first-order valence-corrected chi connectivity index (χ1v) is 11.3. The van der Waals surface area contributed by atoms with Crippen molar-refractivity contribution in [2.45, 2.75) is 30.1 Å². The van der Waals surface area contributed by atoms with Gasteiger partial charge in [0.15, 0.2) is 0 Å². The maximum atomic E-state index is 13.2. The molecule has 1 aliphatic heterocycles. The van der Waals surface area contributed by atoms with Crippen LogP contribution in [0.4, 0.5) is 5.69 Å². The fourth-order valence-electron chi connectivity index (χ4n) is 3.36. The summed E-state index contributed by atoms with van der Waals surface area (Å²) in [6.45, 7) is 2.15. The summed E-state index contributed by atoms with van der Waals surface area (Å²) >= 11 is 1.16. The molecule has 1 amide bonds. The van der Waals surface area contributed by atoms with Crippen LogP contribution in [0.2, 0.25) is 0 Å². The second kappa shape index (κ2) is 7.50. The van der Waals surface area contributed by atoms with Gasteiger partial charge in [-0.1, -0.05) is 48.0 Å². The molecule has 0 aliphatic carbocycles. The first-order chi connectivity index (χ1) is 13.4. The minimum atomic E-state index is -3.76. The van der Waals surface area contributed by atoms with E-state index in [0.717, 1.165) is 28.0 Å². The maximum absolute atomic E-state index is 13.2. The quantitative estimate of drug-likeness (QED) is 0.709. The predicted molar refractivity (Wildman–Crippen MR) is 111 cm³/mol. The summed E-state index contributed by atoms with van der Waals surface area (Å²) in [6, 6.07) is 17.6. The number of carbonyl (C=O) groups excluding carboxylic acids is 1. The minimum Gasteiger partial charge on any atom is -0.325 e. The molecular weight excluding hydrogens is 392 g/mol. The number of benzene rings is 2. The number of aryl methyl sites for hydroxylation is 1. The van der Waals surface area contributed by atoms with E-state index in [-0.39, 0.29) is 16.7 Å². The molecule has 0 saturated carbocycles. The zero-order valence-electron chi connectivity index (χ0n) is 15.3. The zero-order chi connectivity index (χ0) is 19.7. The third kappa shape index (κ3) is 3.61. The molecule has 1 unspecified atom stereocenters. The number of carbonyl (C=O) groups is 1. The summed E-state index contributed by atoms with van der Waals surface area (Å²) in [4.78, 5) is 13.1. The van der Waals surface area contributed by atoms with Crippen LogP contribution in [0, 0.1) is 6.92 Å². The molecular formula is C21H20N2O3S2. The van der Waals surface area contributed by atoms with E-state index in [0.29, 0.717) is 12.1 Å². The van der Waals surface area contributed by atoms with Crippen molar-refractivity contribution in [3.63, 3.8) is 0 Å². The van der Waals surface area contributed by atoms with Crippen molar-refractivity contribution in [3.05, 3.63) is 82.7 Å². The van der Waals surface area contributed by atoms with Crippen LogP contribution in [0.3, 0.4) is 0 Å². The fraction of sp³-hybridized carbons (Fsp3) is 0.190. The number of anilines is 1. The van der Waals surface area contributed by atoms with Crippen LogP contribution < -0.4 is 5.32 Å². The van der Waals surface area contributed by atoms with E-state index < -0.39 is 16.1 Å². The van der Waals surface area contributed by atoms with E-state index in [4.69, 9.17) is 0 Å². The molecule has 1 N–H and O–H groups in total. The van der Waals surface area contributed by atoms with Crippen molar-refractivity contribution in [2.24, 2.45) is 0 Å². The molecule has 0 radical (unpaired) electrons. The monoisotopic (exact) mass is 412 g/mol. The van der Waals surface area contributed by atoms with E-state index >= 15 is 0 Å². The van der Waals surface area contributed by atoms with Crippen LogP contribution in [0.5, 0.6) is 0 Å². The normalized spacial score (nSPS) is 17.1. The lowest BCUT2D eigenvalue weighted by Gasteiger charge is -2.34. The highest BCUT2D eigenvalue weighted by molar-refractivity contribution is 7.91. The van der Waals surface area contributed by atoms with Crippen molar-refractivity contribution in [1.82, 2.24) is 4.31 Å². The van der Waals surface area contributed by atoms with Gasteiger partial charge in [0, 0.05) is 12.2 Å². The molecule has 2 heterocycles. The number of nitrogens with zero attached hydrogens (tertiary/aromatic N) is 1. The highest BCUT2D eigenvalue weighted by Crippen LogP contribution is 2.31. The summed E-state index contributed by atoms with van der Waals surface area (Å²) < 4.78 is 28.0. The number of sulfonamides is 1. The SMILES string of the molecule is Cc1ccc(NC(=O)C2Cc3ccccc3CN2S(=O)(=O)c2cccs2)cc1. The van der Waals surface area contributed by atoms with Crippen LogP contribution in [-0.2, 0) is 27.8 Å². The minimum absolute atomic E-state index is 0.183. The molecule has 1 atom stereocenters. The molecule has 1 aliphatic rings. The lowest BCUT2D eigenvalue weighted by Crippen LogP contribution is -2.50. The molecule has 5 nitrogen and oxygen atoms in total. The Morgan fingerprint density at radius 1 is 1.04 bits per heavy atom. The first-order valence-electron chi connectivity index (χ1n) is 8.95. The van der Waals surface area contributed by atoms with Crippen molar-refractivity contribution in [2.75, 3.05) is 5.32 Å². The van der Waals surface area contributed by atoms with Gasteiger partial charge in [-0.2, -0.15) is 4.31 Å². The van der Waals surface area contributed by atoms with Crippen LogP contribution in [0.15, 0.2) is 70.3 Å². The average molecular weight is 413 g/mol. The topological polar surface area (TPSA) is 66.5 Å². The molecule has 0 bridgehead atoms. The van der Waals surface area contributed by atoms with Gasteiger partial charge in [-0.05, 0) is 48.1 Å². The second-order valence-corrected chi connectivity index (χ2v) is 9.89. The van der Waals surface area contributed by atoms with E-state index in [1.54, 1.807) is 17.5 Å². The van der Waals surface area contributed by atoms with Gasteiger partial charge in [0.1, 0.15) is 10.3 Å². The lowest BCUT2D eigenvalue weighted by atomic mass is 9.95. The van der Waals surface area contributed by atoms with Gasteiger partial charge in [0.2, 0.25) is 5.91 Å². The van der Waals surface area contributed by atoms with Gasteiger partial charge in [0.05, 0.1) is 0 Å².